The molecule has 1 N–H and O–H groups in total. The number of nitrogens with one attached hydrogen (secondary N) is 1. The van der Waals surface area contributed by atoms with Gasteiger partial charge in [-0.3, -0.25) is 4.79 Å². The van der Waals surface area contributed by atoms with Crippen LogP contribution < -0.4 is 5.32 Å². The number of aryl methyl sites for hydroxylation is 2. The van der Waals surface area contributed by atoms with E-state index < -0.39 is 28.5 Å². The molecule has 0 aliphatic heterocycles. The number of anilines is 1. The average Bonchev–Trinajstić information content (AvgIpc) is 3.08. The number of hydrogen-bond acceptors (Lipinski definition) is 6. The van der Waals surface area contributed by atoms with E-state index >= 15 is 0 Å². The molecule has 0 spiro atoms. The van der Waals surface area contributed by atoms with Crippen LogP contribution in [0.15, 0.2) is 35.2 Å². The van der Waals surface area contributed by atoms with Crippen molar-refractivity contribution in [2.24, 2.45) is 0 Å². The van der Waals surface area contributed by atoms with Gasteiger partial charge in [0.05, 0.1) is 4.90 Å². The molecule has 2 aromatic rings. The largest absolute Gasteiger partial charge is 0.451 e. The Hall–Kier alpha value is -2.23. The number of carbonyl (C=O) groups is 2. The number of esters is 1. The lowest BCUT2D eigenvalue weighted by molar-refractivity contribution is -0.119. The minimum Gasteiger partial charge on any atom is -0.451 e. The lowest BCUT2D eigenvalue weighted by Crippen LogP contribution is -2.30. The second kappa shape index (κ2) is 10.00. The zero-order valence-electron chi connectivity index (χ0n) is 17.0. The molecule has 9 heteroatoms. The molecular formula is C20H26N2O5S2. The molecule has 2 rings (SSSR count). The summed E-state index contributed by atoms with van der Waals surface area (Å²) in [4.78, 5) is 25.8. The van der Waals surface area contributed by atoms with Crippen molar-refractivity contribution >= 4 is 38.9 Å². The van der Waals surface area contributed by atoms with Gasteiger partial charge in [0.1, 0.15) is 4.88 Å². The summed E-state index contributed by atoms with van der Waals surface area (Å²) in [5, 5.41) is 2.59. The predicted molar refractivity (Wildman–Crippen MR) is 114 cm³/mol. The van der Waals surface area contributed by atoms with E-state index in [4.69, 9.17) is 4.74 Å². The van der Waals surface area contributed by atoms with Crippen LogP contribution >= 0.6 is 11.3 Å². The normalized spacial score (nSPS) is 11.5. The summed E-state index contributed by atoms with van der Waals surface area (Å²) in [6.45, 7) is 7.84. The summed E-state index contributed by atoms with van der Waals surface area (Å²) in [5.74, 6) is -1.03. The van der Waals surface area contributed by atoms with Crippen molar-refractivity contribution in [2.45, 2.75) is 39.0 Å². The zero-order chi connectivity index (χ0) is 21.6. The number of sulfonamides is 1. The minimum absolute atomic E-state index is 0.158. The first-order valence-electron chi connectivity index (χ1n) is 9.39. The second-order valence-electron chi connectivity index (χ2n) is 6.28. The number of benzene rings is 1. The molecule has 0 unspecified atom stereocenters. The molecule has 0 fully saturated rings. The molecule has 7 nitrogen and oxygen atoms in total. The Balaban J connectivity index is 1.94. The molecule has 0 aliphatic carbocycles. The van der Waals surface area contributed by atoms with Gasteiger partial charge in [-0.25, -0.2) is 13.2 Å². The van der Waals surface area contributed by atoms with Crippen molar-refractivity contribution in [2.75, 3.05) is 25.0 Å². The average molecular weight is 439 g/mol. The van der Waals surface area contributed by atoms with Crippen LogP contribution in [-0.2, 0) is 26.0 Å². The lowest BCUT2D eigenvalue weighted by atomic mass is 10.2. The van der Waals surface area contributed by atoms with E-state index in [1.165, 1.54) is 39.9 Å². The van der Waals surface area contributed by atoms with Crippen LogP contribution in [0.3, 0.4) is 0 Å². The maximum Gasteiger partial charge on any atom is 0.348 e. The zero-order valence-corrected chi connectivity index (χ0v) is 18.7. The summed E-state index contributed by atoms with van der Waals surface area (Å²) < 4.78 is 31.4. The number of ether oxygens (including phenoxy) is 1. The van der Waals surface area contributed by atoms with Crippen molar-refractivity contribution < 1.29 is 22.7 Å². The Morgan fingerprint density at radius 2 is 1.72 bits per heavy atom. The molecule has 0 saturated heterocycles. The SMILES string of the molecule is CCc1cc(C(=O)OCC(=O)Nc2ccc(S(=O)(=O)N(CC)CC)cc2)sc1C. The van der Waals surface area contributed by atoms with Gasteiger partial charge < -0.3 is 10.1 Å². The highest BCUT2D eigenvalue weighted by molar-refractivity contribution is 7.89. The molecule has 1 aromatic heterocycles. The van der Waals surface area contributed by atoms with Gasteiger partial charge in [-0.15, -0.1) is 11.3 Å². The fourth-order valence-corrected chi connectivity index (χ4v) is 5.26. The maximum atomic E-state index is 12.5. The summed E-state index contributed by atoms with van der Waals surface area (Å²) >= 11 is 1.35. The quantitative estimate of drug-likeness (QED) is 0.606. The van der Waals surface area contributed by atoms with E-state index in [2.05, 4.69) is 5.32 Å². The van der Waals surface area contributed by atoms with E-state index in [1.54, 1.807) is 19.9 Å². The van der Waals surface area contributed by atoms with Crippen molar-refractivity contribution in [1.82, 2.24) is 4.31 Å². The summed E-state index contributed by atoms with van der Waals surface area (Å²) in [6.07, 6.45) is 0.829. The molecular weight excluding hydrogens is 412 g/mol. The Bertz CT molecular complexity index is 961. The molecule has 1 amide bonds. The highest BCUT2D eigenvalue weighted by Gasteiger charge is 2.21. The van der Waals surface area contributed by atoms with Crippen LogP contribution in [-0.4, -0.2) is 44.3 Å². The highest BCUT2D eigenvalue weighted by atomic mass is 32.2. The summed E-state index contributed by atoms with van der Waals surface area (Å²) in [6, 6.07) is 7.68. The van der Waals surface area contributed by atoms with Crippen molar-refractivity contribution in [3.63, 3.8) is 0 Å². The van der Waals surface area contributed by atoms with Gasteiger partial charge in [-0.05, 0) is 49.2 Å². The number of nitrogens with zero attached hydrogens (tertiary/aromatic N) is 1. The van der Waals surface area contributed by atoms with Crippen LogP contribution in [0, 0.1) is 6.92 Å². The molecule has 0 radical (unpaired) electrons. The van der Waals surface area contributed by atoms with E-state index in [9.17, 15) is 18.0 Å². The Labute approximate surface area is 175 Å². The Morgan fingerprint density at radius 1 is 1.10 bits per heavy atom. The minimum atomic E-state index is -3.55. The smallest absolute Gasteiger partial charge is 0.348 e. The standard InChI is InChI=1S/C20H26N2O5S2/c1-5-15-12-18(28-14(15)4)20(24)27-13-19(23)21-16-8-10-17(11-9-16)29(25,26)22(6-2)7-3/h8-12H,5-7,13H2,1-4H3,(H,21,23). The fraction of sp³-hybridized carbons (Fsp3) is 0.400. The molecule has 158 valence electrons. The molecule has 0 atom stereocenters. The molecule has 0 saturated carbocycles. The van der Waals surface area contributed by atoms with E-state index in [-0.39, 0.29) is 4.90 Å². The predicted octanol–water partition coefficient (Wildman–Crippen LogP) is 3.44. The van der Waals surface area contributed by atoms with Crippen molar-refractivity contribution in [3.05, 3.63) is 45.6 Å². The van der Waals surface area contributed by atoms with Crippen LogP contribution in [0.5, 0.6) is 0 Å². The molecule has 0 aliphatic rings. The molecule has 0 bridgehead atoms. The van der Waals surface area contributed by atoms with E-state index in [1.807, 2.05) is 13.8 Å². The summed E-state index contributed by atoms with van der Waals surface area (Å²) in [5.41, 5.74) is 1.51. The third kappa shape index (κ3) is 5.65. The van der Waals surface area contributed by atoms with Gasteiger partial charge in [-0.2, -0.15) is 4.31 Å². The van der Waals surface area contributed by atoms with Crippen molar-refractivity contribution in [3.8, 4) is 0 Å². The third-order valence-electron chi connectivity index (χ3n) is 4.42. The van der Waals surface area contributed by atoms with Gasteiger partial charge in [0.2, 0.25) is 10.0 Å². The number of thiophene rings is 1. The van der Waals surface area contributed by atoms with Crippen LogP contribution in [0.1, 0.15) is 40.9 Å². The highest BCUT2D eigenvalue weighted by Crippen LogP contribution is 2.23. The van der Waals surface area contributed by atoms with E-state index in [0.717, 1.165) is 16.9 Å². The first kappa shape index (κ1) is 23.1. The lowest BCUT2D eigenvalue weighted by Gasteiger charge is -2.18. The van der Waals surface area contributed by atoms with Crippen LogP contribution in [0.25, 0.3) is 0 Å². The summed E-state index contributed by atoms with van der Waals surface area (Å²) in [7, 11) is -3.55. The number of rotatable bonds is 9. The number of amides is 1. The Morgan fingerprint density at radius 3 is 2.24 bits per heavy atom. The van der Waals surface area contributed by atoms with Gasteiger partial charge in [0.25, 0.3) is 5.91 Å². The third-order valence-corrected chi connectivity index (χ3v) is 7.56. The maximum absolute atomic E-state index is 12.5. The Kier molecular flexibility index (Phi) is 7.95. The molecule has 1 aromatic carbocycles. The van der Waals surface area contributed by atoms with Gasteiger partial charge in [0.15, 0.2) is 6.61 Å². The molecule has 1 heterocycles. The van der Waals surface area contributed by atoms with Gasteiger partial charge in [0, 0.05) is 23.7 Å². The van der Waals surface area contributed by atoms with Crippen molar-refractivity contribution in [1.29, 1.82) is 0 Å². The molecule has 29 heavy (non-hydrogen) atoms. The topological polar surface area (TPSA) is 92.8 Å². The van der Waals surface area contributed by atoms with Gasteiger partial charge in [-0.1, -0.05) is 20.8 Å². The number of hydrogen-bond donors (Lipinski definition) is 1. The first-order valence-corrected chi connectivity index (χ1v) is 11.6. The first-order chi connectivity index (χ1) is 13.7. The van der Waals surface area contributed by atoms with Crippen LogP contribution in [0.2, 0.25) is 0 Å². The monoisotopic (exact) mass is 438 g/mol. The van der Waals surface area contributed by atoms with Crippen LogP contribution in [0.4, 0.5) is 5.69 Å². The second-order valence-corrected chi connectivity index (χ2v) is 9.48. The van der Waals surface area contributed by atoms with E-state index in [0.29, 0.717) is 23.7 Å². The fourth-order valence-electron chi connectivity index (χ4n) is 2.79. The van der Waals surface area contributed by atoms with Gasteiger partial charge >= 0.3 is 5.97 Å². The number of carbonyl (C=O) groups excluding carboxylic acids is 2.